The van der Waals surface area contributed by atoms with Crippen LogP contribution >= 0.6 is 11.6 Å². The molecule has 0 aromatic heterocycles. The zero-order valence-corrected chi connectivity index (χ0v) is 7.94. The number of benzene rings is 1. The Hall–Kier alpha value is -1.53. The summed E-state index contributed by atoms with van der Waals surface area (Å²) in [6, 6.07) is 2.44. The van der Waals surface area contributed by atoms with Crippen LogP contribution in [0.1, 0.15) is 12.0 Å². The Morgan fingerprint density at radius 1 is 1.57 bits per heavy atom. The van der Waals surface area contributed by atoms with Crippen molar-refractivity contribution in [3.05, 3.63) is 28.5 Å². The van der Waals surface area contributed by atoms with Gasteiger partial charge in [0.05, 0.1) is 17.1 Å². The first-order valence-electron chi connectivity index (χ1n) is 3.82. The largest absolute Gasteiger partial charge is 0.396 e. The molecule has 1 aromatic rings. The van der Waals surface area contributed by atoms with Crippen molar-refractivity contribution in [2.45, 2.75) is 6.42 Å². The fourth-order valence-corrected chi connectivity index (χ4v) is 1.07. The average molecular weight is 212 g/mol. The number of nitrogens with two attached hydrogens (primary N) is 1. The Morgan fingerprint density at radius 2 is 2.29 bits per heavy atom. The first kappa shape index (κ1) is 10.6. The van der Waals surface area contributed by atoms with Crippen LogP contribution in [0.2, 0.25) is 5.02 Å². The molecule has 14 heavy (non-hydrogen) atoms. The molecule has 4 heteroatoms. The number of aldehydes is 1. The maximum absolute atomic E-state index is 12.9. The summed E-state index contributed by atoms with van der Waals surface area (Å²) < 4.78 is 12.9. The summed E-state index contributed by atoms with van der Waals surface area (Å²) in [6.45, 7) is 0. The van der Waals surface area contributed by atoms with Crippen molar-refractivity contribution in [1.29, 1.82) is 0 Å². The third-order valence-electron chi connectivity index (χ3n) is 1.49. The van der Waals surface area contributed by atoms with E-state index in [1.165, 1.54) is 6.07 Å². The minimum atomic E-state index is -0.565. The highest BCUT2D eigenvalue weighted by Gasteiger charge is 2.03. The number of hydrogen-bond donors (Lipinski definition) is 1. The molecule has 1 rings (SSSR count). The molecule has 0 bridgehead atoms. The first-order valence-corrected chi connectivity index (χ1v) is 4.20. The molecule has 2 N–H and O–H groups in total. The molecule has 0 aliphatic heterocycles. The van der Waals surface area contributed by atoms with Gasteiger partial charge in [-0.1, -0.05) is 23.4 Å². The maximum Gasteiger partial charge on any atom is 0.147 e. The lowest BCUT2D eigenvalue weighted by molar-refractivity contribution is -0.107. The molecule has 0 atom stereocenters. The zero-order chi connectivity index (χ0) is 10.6. The van der Waals surface area contributed by atoms with Gasteiger partial charge in [-0.15, -0.1) is 0 Å². The fourth-order valence-electron chi connectivity index (χ4n) is 0.846. The predicted molar refractivity (Wildman–Crippen MR) is 53.4 cm³/mol. The molecule has 0 saturated carbocycles. The molecule has 0 aliphatic rings. The molecule has 0 heterocycles. The molecular weight excluding hydrogens is 205 g/mol. The van der Waals surface area contributed by atoms with Gasteiger partial charge >= 0.3 is 0 Å². The fraction of sp³-hybridized carbons (Fsp3) is 0.100. The number of anilines is 1. The van der Waals surface area contributed by atoms with Gasteiger partial charge in [-0.3, -0.25) is 0 Å². The molecule has 0 saturated heterocycles. The van der Waals surface area contributed by atoms with Gasteiger partial charge in [0.2, 0.25) is 0 Å². The molecule has 0 spiro atoms. The van der Waals surface area contributed by atoms with E-state index in [1.807, 2.05) is 0 Å². The molecule has 0 aliphatic carbocycles. The number of halogens is 2. The summed E-state index contributed by atoms with van der Waals surface area (Å²) in [6.07, 6.45) is 0.761. The molecule has 0 amide bonds. The van der Waals surface area contributed by atoms with Crippen molar-refractivity contribution in [2.75, 3.05) is 5.73 Å². The van der Waals surface area contributed by atoms with Crippen LogP contribution < -0.4 is 5.73 Å². The van der Waals surface area contributed by atoms with Crippen LogP contribution in [0.3, 0.4) is 0 Å². The Labute approximate surface area is 85.9 Å². The number of rotatable bonds is 1. The highest BCUT2D eigenvalue weighted by atomic mass is 35.5. The highest BCUT2D eigenvalue weighted by molar-refractivity contribution is 6.32. The van der Waals surface area contributed by atoms with Crippen molar-refractivity contribution >= 4 is 23.6 Å². The summed E-state index contributed by atoms with van der Waals surface area (Å²) >= 11 is 5.74. The second kappa shape index (κ2) is 4.64. The van der Waals surface area contributed by atoms with Crippen molar-refractivity contribution in [2.24, 2.45) is 0 Å². The molecular formula is C10H7ClFNO. The van der Waals surface area contributed by atoms with E-state index in [0.717, 1.165) is 6.07 Å². The van der Waals surface area contributed by atoms with Crippen molar-refractivity contribution < 1.29 is 9.18 Å². The van der Waals surface area contributed by atoms with Gasteiger partial charge in [-0.05, 0) is 12.1 Å². The number of carbonyl (C=O) groups is 1. The Bertz CT molecular complexity index is 420. The smallest absolute Gasteiger partial charge is 0.147 e. The topological polar surface area (TPSA) is 43.1 Å². The van der Waals surface area contributed by atoms with E-state index in [9.17, 15) is 9.18 Å². The van der Waals surface area contributed by atoms with Gasteiger partial charge in [0.15, 0.2) is 0 Å². The molecule has 0 radical (unpaired) electrons. The summed E-state index contributed by atoms with van der Waals surface area (Å²) in [5.74, 6) is 4.54. The van der Waals surface area contributed by atoms with Crippen LogP contribution in [0.25, 0.3) is 0 Å². The summed E-state index contributed by atoms with van der Waals surface area (Å²) in [5, 5.41) is 0.280. The number of hydrogen-bond acceptors (Lipinski definition) is 2. The Morgan fingerprint density at radius 3 is 2.93 bits per heavy atom. The highest BCUT2D eigenvalue weighted by Crippen LogP contribution is 2.21. The van der Waals surface area contributed by atoms with E-state index in [4.69, 9.17) is 17.3 Å². The number of nitrogen functional groups attached to an aromatic ring is 1. The summed E-state index contributed by atoms with van der Waals surface area (Å²) in [7, 11) is 0. The third-order valence-corrected chi connectivity index (χ3v) is 1.81. The van der Waals surface area contributed by atoms with Gasteiger partial charge in [-0.25, -0.2) is 4.39 Å². The average Bonchev–Trinajstić information content (AvgIpc) is 2.14. The van der Waals surface area contributed by atoms with Crippen molar-refractivity contribution in [3.8, 4) is 11.8 Å². The number of carbonyl (C=O) groups excluding carboxylic acids is 1. The van der Waals surface area contributed by atoms with Crippen molar-refractivity contribution in [1.82, 2.24) is 0 Å². The van der Waals surface area contributed by atoms with Crippen LogP contribution in [0.15, 0.2) is 12.1 Å². The van der Waals surface area contributed by atoms with E-state index >= 15 is 0 Å². The van der Waals surface area contributed by atoms with Gasteiger partial charge in [0.25, 0.3) is 0 Å². The van der Waals surface area contributed by atoms with Gasteiger partial charge in [0.1, 0.15) is 12.1 Å². The van der Waals surface area contributed by atoms with E-state index in [2.05, 4.69) is 11.8 Å². The van der Waals surface area contributed by atoms with E-state index in [-0.39, 0.29) is 17.1 Å². The lowest BCUT2D eigenvalue weighted by atomic mass is 10.2. The van der Waals surface area contributed by atoms with Crippen molar-refractivity contribution in [3.63, 3.8) is 0 Å². The maximum atomic E-state index is 12.9. The quantitative estimate of drug-likeness (QED) is 0.439. The monoisotopic (exact) mass is 211 g/mol. The van der Waals surface area contributed by atoms with E-state index in [1.54, 1.807) is 0 Å². The Kier molecular flexibility index (Phi) is 3.49. The molecule has 1 aromatic carbocycles. The van der Waals surface area contributed by atoms with E-state index in [0.29, 0.717) is 11.8 Å². The van der Waals surface area contributed by atoms with Crippen LogP contribution in [-0.4, -0.2) is 6.29 Å². The minimum Gasteiger partial charge on any atom is -0.396 e. The van der Waals surface area contributed by atoms with Crippen LogP contribution in [0, 0.1) is 17.7 Å². The van der Waals surface area contributed by atoms with Crippen LogP contribution in [-0.2, 0) is 4.79 Å². The molecule has 0 unspecified atom stereocenters. The normalized spacial score (nSPS) is 9.00. The molecule has 0 fully saturated rings. The minimum absolute atomic E-state index is 0.0177. The van der Waals surface area contributed by atoms with Gasteiger partial charge in [-0.2, -0.15) is 0 Å². The predicted octanol–water partition coefficient (Wildman–Crippen LogP) is 2.00. The summed E-state index contributed by atoms with van der Waals surface area (Å²) in [4.78, 5) is 9.97. The lowest BCUT2D eigenvalue weighted by Crippen LogP contribution is -1.91. The standard InChI is InChI=1S/C10H7ClFNO/c11-8-6-10(13)9(12)5-7(8)3-1-2-4-14/h4-6H,2,13H2. The molecule has 2 nitrogen and oxygen atoms in total. The Balaban J connectivity index is 3.05. The second-order valence-corrected chi connectivity index (χ2v) is 2.93. The van der Waals surface area contributed by atoms with Crippen LogP contribution in [0.5, 0.6) is 0 Å². The zero-order valence-electron chi connectivity index (χ0n) is 7.18. The van der Waals surface area contributed by atoms with Gasteiger partial charge < -0.3 is 10.5 Å². The van der Waals surface area contributed by atoms with Crippen LogP contribution in [0.4, 0.5) is 10.1 Å². The lowest BCUT2D eigenvalue weighted by Gasteiger charge is -1.99. The van der Waals surface area contributed by atoms with Gasteiger partial charge in [0, 0.05) is 5.56 Å². The van der Waals surface area contributed by atoms with E-state index < -0.39 is 5.82 Å². The second-order valence-electron chi connectivity index (χ2n) is 2.53. The summed E-state index contributed by atoms with van der Waals surface area (Å²) in [5.41, 5.74) is 5.60. The third kappa shape index (κ3) is 2.48. The first-order chi connectivity index (χ1) is 6.65. The SMILES string of the molecule is Nc1cc(Cl)c(C#CCC=O)cc1F. The molecule has 72 valence electrons.